The number of ether oxygens (including phenoxy) is 1. The Morgan fingerprint density at radius 2 is 2.04 bits per heavy atom. The van der Waals surface area contributed by atoms with Gasteiger partial charge in [-0.15, -0.1) is 0 Å². The summed E-state index contributed by atoms with van der Waals surface area (Å²) in [6, 6.07) is 16.6. The molecule has 2 aromatic carbocycles. The molecule has 0 saturated carbocycles. The lowest BCUT2D eigenvalue weighted by molar-refractivity contribution is 0.411. The topological polar surface area (TPSA) is 103 Å². The molecule has 1 heterocycles. The average Bonchev–Trinajstić information content (AvgIpc) is 2.68. The van der Waals surface area contributed by atoms with E-state index in [1.807, 2.05) is 49.4 Å². The van der Waals surface area contributed by atoms with Gasteiger partial charge in [-0.2, -0.15) is 10.4 Å². The lowest BCUT2D eigenvalue weighted by Gasteiger charge is -2.06. The minimum atomic E-state index is -0.524. The fraction of sp³-hybridized carbons (Fsp3) is 0.100. The summed E-state index contributed by atoms with van der Waals surface area (Å²) < 4.78 is 5.23. The van der Waals surface area contributed by atoms with Gasteiger partial charge in [-0.05, 0) is 36.2 Å². The second-order valence-corrected chi connectivity index (χ2v) is 5.72. The minimum absolute atomic E-state index is 0.0403. The summed E-state index contributed by atoms with van der Waals surface area (Å²) in [7, 11) is 1.62. The summed E-state index contributed by atoms with van der Waals surface area (Å²) in [5, 5.41) is 13.4. The summed E-state index contributed by atoms with van der Waals surface area (Å²) >= 11 is 0. The van der Waals surface area contributed by atoms with E-state index in [0.717, 1.165) is 16.9 Å². The van der Waals surface area contributed by atoms with Crippen molar-refractivity contribution in [1.82, 2.24) is 9.97 Å². The number of hydrogen-bond acceptors (Lipinski definition) is 6. The minimum Gasteiger partial charge on any atom is -0.496 e. The molecule has 0 amide bonds. The molecule has 27 heavy (non-hydrogen) atoms. The maximum absolute atomic E-state index is 12.2. The second kappa shape index (κ2) is 7.97. The van der Waals surface area contributed by atoms with Gasteiger partial charge in [0.15, 0.2) is 0 Å². The molecule has 0 fully saturated rings. The fourth-order valence-electron chi connectivity index (χ4n) is 2.58. The number of benzene rings is 2. The van der Waals surface area contributed by atoms with E-state index in [9.17, 15) is 10.1 Å². The van der Waals surface area contributed by atoms with Crippen LogP contribution in [0.3, 0.4) is 0 Å². The molecular formula is C20H17N5O2. The Bertz CT molecular complexity index is 1080. The number of anilines is 1. The van der Waals surface area contributed by atoms with Gasteiger partial charge in [0.1, 0.15) is 17.4 Å². The van der Waals surface area contributed by atoms with Crippen molar-refractivity contribution in [3.8, 4) is 23.1 Å². The van der Waals surface area contributed by atoms with Crippen LogP contribution in [0, 0.1) is 18.3 Å². The van der Waals surface area contributed by atoms with Crippen molar-refractivity contribution in [2.45, 2.75) is 6.92 Å². The maximum Gasteiger partial charge on any atom is 0.270 e. The van der Waals surface area contributed by atoms with E-state index in [-0.39, 0.29) is 11.5 Å². The highest BCUT2D eigenvalue weighted by Crippen LogP contribution is 2.20. The van der Waals surface area contributed by atoms with Crippen LogP contribution in [0.25, 0.3) is 11.3 Å². The Labute approximate surface area is 156 Å². The Balaban J connectivity index is 1.88. The number of aryl methyl sites for hydroxylation is 1. The van der Waals surface area contributed by atoms with Crippen molar-refractivity contribution in [2.24, 2.45) is 5.10 Å². The van der Waals surface area contributed by atoms with Gasteiger partial charge in [-0.1, -0.05) is 30.3 Å². The largest absolute Gasteiger partial charge is 0.496 e. The third kappa shape index (κ3) is 4.02. The van der Waals surface area contributed by atoms with Gasteiger partial charge in [-0.25, -0.2) is 10.4 Å². The van der Waals surface area contributed by atoms with Gasteiger partial charge in [0.2, 0.25) is 5.95 Å². The molecule has 0 aliphatic carbocycles. The van der Waals surface area contributed by atoms with Gasteiger partial charge in [0.25, 0.3) is 5.56 Å². The second-order valence-electron chi connectivity index (χ2n) is 5.72. The van der Waals surface area contributed by atoms with Crippen LogP contribution in [0.4, 0.5) is 5.95 Å². The van der Waals surface area contributed by atoms with Gasteiger partial charge >= 0.3 is 0 Å². The number of methoxy groups -OCH3 is 1. The molecule has 2 N–H and O–H groups in total. The number of nitriles is 1. The Morgan fingerprint density at radius 3 is 2.70 bits per heavy atom. The van der Waals surface area contributed by atoms with Crippen LogP contribution < -0.4 is 15.7 Å². The number of aromatic nitrogens is 2. The molecule has 0 atom stereocenters. The molecule has 7 heteroatoms. The van der Waals surface area contributed by atoms with Crippen LogP contribution in [0.1, 0.15) is 16.7 Å². The van der Waals surface area contributed by atoms with Crippen LogP contribution in [0.5, 0.6) is 5.75 Å². The molecule has 1 aromatic heterocycles. The predicted molar refractivity (Wildman–Crippen MR) is 104 cm³/mol. The Kier molecular flexibility index (Phi) is 5.28. The van der Waals surface area contributed by atoms with Crippen LogP contribution in [-0.4, -0.2) is 23.3 Å². The first-order valence-corrected chi connectivity index (χ1v) is 8.16. The van der Waals surface area contributed by atoms with Crippen LogP contribution in [0.15, 0.2) is 58.4 Å². The molecule has 0 radical (unpaired) electrons. The molecule has 3 rings (SSSR count). The van der Waals surface area contributed by atoms with Crippen molar-refractivity contribution >= 4 is 12.2 Å². The SMILES string of the molecule is COc1ccc(C=NNc2nc(-c3ccccc3)c(C#N)c(=O)[nH]2)cc1C. The Hall–Kier alpha value is -3.92. The molecule has 134 valence electrons. The van der Waals surface area contributed by atoms with Crippen LogP contribution >= 0.6 is 0 Å². The molecule has 0 bridgehead atoms. The van der Waals surface area contributed by atoms with Crippen molar-refractivity contribution in [2.75, 3.05) is 12.5 Å². The molecule has 0 unspecified atom stereocenters. The van der Waals surface area contributed by atoms with Crippen LogP contribution in [-0.2, 0) is 0 Å². The van der Waals surface area contributed by atoms with E-state index in [1.54, 1.807) is 25.5 Å². The normalized spacial score (nSPS) is 10.6. The quantitative estimate of drug-likeness (QED) is 0.538. The summed E-state index contributed by atoms with van der Waals surface area (Å²) in [4.78, 5) is 19.0. The summed E-state index contributed by atoms with van der Waals surface area (Å²) in [6.45, 7) is 1.94. The zero-order valence-electron chi connectivity index (χ0n) is 14.9. The maximum atomic E-state index is 12.2. The van der Waals surface area contributed by atoms with Crippen molar-refractivity contribution in [3.63, 3.8) is 0 Å². The number of nitrogens with zero attached hydrogens (tertiary/aromatic N) is 3. The van der Waals surface area contributed by atoms with E-state index in [4.69, 9.17) is 4.74 Å². The van der Waals surface area contributed by atoms with Gasteiger partial charge in [0, 0.05) is 5.56 Å². The van der Waals surface area contributed by atoms with Crippen LogP contribution in [0.2, 0.25) is 0 Å². The predicted octanol–water partition coefficient (Wildman–Crippen LogP) is 3.07. The third-order valence-corrected chi connectivity index (χ3v) is 3.88. The molecule has 0 spiro atoms. The average molecular weight is 359 g/mol. The van der Waals surface area contributed by atoms with E-state index >= 15 is 0 Å². The number of aromatic amines is 1. The smallest absolute Gasteiger partial charge is 0.270 e. The van der Waals surface area contributed by atoms with E-state index in [0.29, 0.717) is 11.3 Å². The summed E-state index contributed by atoms with van der Waals surface area (Å²) in [5.41, 5.74) is 4.97. The molecule has 0 saturated heterocycles. The first kappa shape index (κ1) is 17.9. The number of hydrogen-bond donors (Lipinski definition) is 2. The van der Waals surface area contributed by atoms with E-state index in [2.05, 4.69) is 20.5 Å². The fourth-order valence-corrected chi connectivity index (χ4v) is 2.58. The highest BCUT2D eigenvalue weighted by atomic mass is 16.5. The van der Waals surface area contributed by atoms with Gasteiger partial charge in [0.05, 0.1) is 19.0 Å². The first-order valence-electron chi connectivity index (χ1n) is 8.16. The zero-order valence-corrected chi connectivity index (χ0v) is 14.9. The number of hydrazone groups is 1. The van der Waals surface area contributed by atoms with Gasteiger partial charge < -0.3 is 4.74 Å². The standard InChI is InChI=1S/C20H17N5O2/c1-13-10-14(8-9-17(13)27-2)12-22-25-20-23-18(15-6-4-3-5-7-15)16(11-21)19(26)24-20/h3-10,12H,1-2H3,(H2,23,24,25,26). The molecular weight excluding hydrogens is 342 g/mol. The lowest BCUT2D eigenvalue weighted by atomic mass is 10.1. The molecule has 3 aromatic rings. The third-order valence-electron chi connectivity index (χ3n) is 3.88. The zero-order chi connectivity index (χ0) is 19.2. The van der Waals surface area contributed by atoms with Crippen molar-refractivity contribution < 1.29 is 4.74 Å². The molecule has 0 aliphatic heterocycles. The highest BCUT2D eigenvalue weighted by molar-refractivity contribution is 5.80. The lowest BCUT2D eigenvalue weighted by Crippen LogP contribution is -2.16. The number of H-pyrrole nitrogens is 1. The monoisotopic (exact) mass is 359 g/mol. The highest BCUT2D eigenvalue weighted by Gasteiger charge is 2.12. The van der Waals surface area contributed by atoms with E-state index < -0.39 is 5.56 Å². The van der Waals surface area contributed by atoms with Gasteiger partial charge in [-0.3, -0.25) is 9.78 Å². The summed E-state index contributed by atoms with van der Waals surface area (Å²) in [5.74, 6) is 0.949. The van der Waals surface area contributed by atoms with E-state index in [1.165, 1.54) is 0 Å². The summed E-state index contributed by atoms with van der Waals surface area (Å²) in [6.07, 6.45) is 1.60. The number of rotatable bonds is 5. The van der Waals surface area contributed by atoms with Crippen molar-refractivity contribution in [1.29, 1.82) is 5.26 Å². The number of nitrogens with one attached hydrogen (secondary N) is 2. The molecule has 0 aliphatic rings. The van der Waals surface area contributed by atoms with Crippen molar-refractivity contribution in [3.05, 3.63) is 75.6 Å². The first-order chi connectivity index (χ1) is 13.1. The molecule has 7 nitrogen and oxygen atoms in total. The Morgan fingerprint density at radius 1 is 1.26 bits per heavy atom.